The molecule has 2 rings (SSSR count). The molecule has 0 saturated heterocycles. The third-order valence-electron chi connectivity index (χ3n) is 3.29. The fourth-order valence-corrected chi connectivity index (χ4v) is 2.10. The van der Waals surface area contributed by atoms with Gasteiger partial charge in [0.05, 0.1) is 19.3 Å². The number of aliphatic imine (C=N–C) groups is 1. The molecule has 0 fully saturated rings. The van der Waals surface area contributed by atoms with E-state index in [9.17, 15) is 8.78 Å². The largest absolute Gasteiger partial charge is 0.481 e. The fourth-order valence-electron chi connectivity index (χ4n) is 2.10. The smallest absolute Gasteiger partial charge is 0.387 e. The zero-order chi connectivity index (χ0) is 18.1. The molecule has 0 saturated carbocycles. The number of pyridine rings is 1. The van der Waals surface area contributed by atoms with Crippen LogP contribution in [0.15, 0.2) is 47.5 Å². The number of ether oxygens (including phenoxy) is 2. The van der Waals surface area contributed by atoms with Gasteiger partial charge >= 0.3 is 6.61 Å². The summed E-state index contributed by atoms with van der Waals surface area (Å²) in [5, 5.41) is 6.15. The molecule has 0 spiro atoms. The number of alkyl halides is 2. The van der Waals surface area contributed by atoms with Gasteiger partial charge in [0.2, 0.25) is 5.88 Å². The number of hydrogen-bond acceptors (Lipinski definition) is 4. The van der Waals surface area contributed by atoms with Crippen molar-refractivity contribution in [1.29, 1.82) is 0 Å². The second-order valence-electron chi connectivity index (χ2n) is 4.94. The zero-order valence-electron chi connectivity index (χ0n) is 14.0. The van der Waals surface area contributed by atoms with Crippen LogP contribution in [-0.4, -0.2) is 31.7 Å². The van der Waals surface area contributed by atoms with E-state index in [2.05, 4.69) is 25.3 Å². The first-order valence-corrected chi connectivity index (χ1v) is 7.59. The van der Waals surface area contributed by atoms with Crippen LogP contribution in [0, 0.1) is 0 Å². The molecule has 0 aliphatic heterocycles. The van der Waals surface area contributed by atoms with E-state index in [-0.39, 0.29) is 12.3 Å². The van der Waals surface area contributed by atoms with Crippen LogP contribution in [0.3, 0.4) is 0 Å². The van der Waals surface area contributed by atoms with E-state index in [0.29, 0.717) is 23.9 Å². The molecular weight excluding hydrogens is 330 g/mol. The Kier molecular flexibility index (Phi) is 6.94. The summed E-state index contributed by atoms with van der Waals surface area (Å²) in [7, 11) is 3.18. The highest BCUT2D eigenvalue weighted by Crippen LogP contribution is 2.19. The molecule has 2 aromatic rings. The number of nitrogens with zero attached hydrogens (tertiary/aromatic N) is 2. The van der Waals surface area contributed by atoms with Gasteiger partial charge in [-0.05, 0) is 12.1 Å². The van der Waals surface area contributed by atoms with Crippen molar-refractivity contribution in [3.8, 4) is 11.6 Å². The normalized spacial score (nSPS) is 11.3. The van der Waals surface area contributed by atoms with Crippen LogP contribution in [0.25, 0.3) is 0 Å². The number of hydrogen-bond donors (Lipinski definition) is 2. The number of methoxy groups -OCH3 is 1. The molecule has 6 nitrogen and oxygen atoms in total. The summed E-state index contributed by atoms with van der Waals surface area (Å²) in [6, 6.07) is 12.1. The van der Waals surface area contributed by atoms with Crippen molar-refractivity contribution in [2.45, 2.75) is 19.7 Å². The maximum absolute atomic E-state index is 12.4. The third-order valence-corrected chi connectivity index (χ3v) is 3.29. The Balaban J connectivity index is 1.92. The molecule has 0 aliphatic carbocycles. The van der Waals surface area contributed by atoms with E-state index in [1.165, 1.54) is 6.07 Å². The number of aromatic nitrogens is 1. The van der Waals surface area contributed by atoms with Crippen molar-refractivity contribution in [3.63, 3.8) is 0 Å². The van der Waals surface area contributed by atoms with Crippen LogP contribution >= 0.6 is 0 Å². The number of nitrogens with one attached hydrogen (secondary N) is 2. The standard InChI is InChI=1S/C17H20F2N4O2/c1-20-17(22-11-13-7-5-9-15(23-13)24-2)21-10-12-6-3-4-8-14(12)25-16(18)19/h3-9,16H,10-11H2,1-2H3,(H2,20,21,22). The van der Waals surface area contributed by atoms with E-state index in [1.54, 1.807) is 38.4 Å². The van der Waals surface area contributed by atoms with Gasteiger partial charge < -0.3 is 20.1 Å². The Morgan fingerprint density at radius 2 is 1.88 bits per heavy atom. The molecule has 0 amide bonds. The van der Waals surface area contributed by atoms with Crippen molar-refractivity contribution >= 4 is 5.96 Å². The molecule has 25 heavy (non-hydrogen) atoms. The minimum Gasteiger partial charge on any atom is -0.481 e. The van der Waals surface area contributed by atoms with Gasteiger partial charge in [-0.1, -0.05) is 24.3 Å². The van der Waals surface area contributed by atoms with Crippen molar-refractivity contribution in [3.05, 3.63) is 53.7 Å². The summed E-state index contributed by atoms with van der Waals surface area (Å²) in [5.74, 6) is 1.17. The van der Waals surface area contributed by atoms with Gasteiger partial charge in [-0.25, -0.2) is 4.98 Å². The number of rotatable bonds is 7. The Morgan fingerprint density at radius 3 is 2.60 bits per heavy atom. The van der Waals surface area contributed by atoms with Crippen LogP contribution in [0.1, 0.15) is 11.3 Å². The average molecular weight is 350 g/mol. The molecule has 134 valence electrons. The summed E-state index contributed by atoms with van der Waals surface area (Å²) in [6.45, 7) is -2.14. The lowest BCUT2D eigenvalue weighted by Crippen LogP contribution is -2.36. The lowest BCUT2D eigenvalue weighted by Gasteiger charge is -2.14. The first-order chi connectivity index (χ1) is 12.1. The van der Waals surface area contributed by atoms with Crippen LogP contribution in [0.2, 0.25) is 0 Å². The van der Waals surface area contributed by atoms with E-state index in [4.69, 9.17) is 4.74 Å². The quantitative estimate of drug-likeness (QED) is 0.593. The number of halogens is 2. The van der Waals surface area contributed by atoms with Crippen molar-refractivity contribution in [1.82, 2.24) is 15.6 Å². The summed E-state index contributed by atoms with van der Waals surface area (Å²) in [4.78, 5) is 8.39. The second kappa shape index (κ2) is 9.41. The fraction of sp³-hybridized carbons (Fsp3) is 0.294. The van der Waals surface area contributed by atoms with E-state index in [0.717, 1.165) is 5.69 Å². The van der Waals surface area contributed by atoms with Crippen LogP contribution in [-0.2, 0) is 13.1 Å². The van der Waals surface area contributed by atoms with Crippen molar-refractivity contribution in [2.75, 3.05) is 14.2 Å². The Labute approximate surface area is 144 Å². The topological polar surface area (TPSA) is 67.8 Å². The summed E-state index contributed by atoms with van der Waals surface area (Å²) in [5.41, 5.74) is 1.38. The number of benzene rings is 1. The SMILES string of the molecule is CN=C(NCc1cccc(OC)n1)NCc1ccccc1OC(F)F. The molecule has 0 radical (unpaired) electrons. The lowest BCUT2D eigenvalue weighted by atomic mass is 10.2. The van der Waals surface area contributed by atoms with Crippen LogP contribution < -0.4 is 20.1 Å². The van der Waals surface area contributed by atoms with Gasteiger partial charge in [0.15, 0.2) is 5.96 Å². The molecule has 8 heteroatoms. The molecule has 1 aromatic heterocycles. The van der Waals surface area contributed by atoms with Crippen molar-refractivity contribution in [2.24, 2.45) is 4.99 Å². The van der Waals surface area contributed by atoms with Gasteiger partial charge in [-0.3, -0.25) is 4.99 Å². The maximum Gasteiger partial charge on any atom is 0.387 e. The number of guanidine groups is 1. The highest BCUT2D eigenvalue weighted by Gasteiger charge is 2.09. The second-order valence-corrected chi connectivity index (χ2v) is 4.94. The highest BCUT2D eigenvalue weighted by atomic mass is 19.3. The van der Waals surface area contributed by atoms with Crippen LogP contribution in [0.4, 0.5) is 8.78 Å². The first-order valence-electron chi connectivity index (χ1n) is 7.59. The summed E-state index contributed by atoms with van der Waals surface area (Å²) < 4.78 is 34.5. The Morgan fingerprint density at radius 1 is 1.12 bits per heavy atom. The predicted molar refractivity (Wildman–Crippen MR) is 90.9 cm³/mol. The molecule has 1 heterocycles. The van der Waals surface area contributed by atoms with E-state index in [1.807, 2.05) is 12.1 Å². The van der Waals surface area contributed by atoms with Gasteiger partial charge in [0.25, 0.3) is 0 Å². The third kappa shape index (κ3) is 5.91. The monoisotopic (exact) mass is 350 g/mol. The van der Waals surface area contributed by atoms with E-state index < -0.39 is 6.61 Å². The number of para-hydroxylation sites is 1. The van der Waals surface area contributed by atoms with Gasteiger partial charge in [0.1, 0.15) is 5.75 Å². The zero-order valence-corrected chi connectivity index (χ0v) is 14.0. The molecule has 2 N–H and O–H groups in total. The lowest BCUT2D eigenvalue weighted by molar-refractivity contribution is -0.0504. The first kappa shape index (κ1) is 18.4. The predicted octanol–water partition coefficient (Wildman–Crippen LogP) is 2.56. The Hall–Kier alpha value is -2.90. The van der Waals surface area contributed by atoms with E-state index >= 15 is 0 Å². The minimum atomic E-state index is -2.86. The highest BCUT2D eigenvalue weighted by molar-refractivity contribution is 5.79. The van der Waals surface area contributed by atoms with Gasteiger partial charge in [0, 0.05) is 25.2 Å². The molecule has 0 aliphatic rings. The van der Waals surface area contributed by atoms with Crippen LogP contribution in [0.5, 0.6) is 11.6 Å². The minimum absolute atomic E-state index is 0.134. The summed E-state index contributed by atoms with van der Waals surface area (Å²) >= 11 is 0. The van der Waals surface area contributed by atoms with Gasteiger partial charge in [-0.15, -0.1) is 0 Å². The molecule has 0 bridgehead atoms. The van der Waals surface area contributed by atoms with Gasteiger partial charge in [-0.2, -0.15) is 8.78 Å². The molecule has 0 atom stereocenters. The molecule has 1 aromatic carbocycles. The Bertz CT molecular complexity index is 711. The molecular formula is C17H20F2N4O2. The van der Waals surface area contributed by atoms with Crippen molar-refractivity contribution < 1.29 is 18.3 Å². The maximum atomic E-state index is 12.4. The average Bonchev–Trinajstić information content (AvgIpc) is 2.62. The summed E-state index contributed by atoms with van der Waals surface area (Å²) in [6.07, 6.45) is 0. The molecule has 0 unspecified atom stereocenters.